The molecular formula is C8H9ClF2N2O. The van der Waals surface area contributed by atoms with Gasteiger partial charge in [-0.3, -0.25) is 4.79 Å². The second-order valence-corrected chi connectivity index (χ2v) is 2.38. The van der Waals surface area contributed by atoms with Crippen LogP contribution in [0, 0.1) is 11.6 Å². The lowest BCUT2D eigenvalue weighted by Gasteiger charge is -2.04. The zero-order chi connectivity index (χ0) is 9.84. The standard InChI is InChI=1S/C8H8F2N2O.ClH/c9-5-1-2-6(10)7(3-5)12-8(13)4-11;/h1-3H,4,11H2,(H,12,13);1H. The average molecular weight is 223 g/mol. The third-order valence-electron chi connectivity index (χ3n) is 1.39. The van der Waals surface area contributed by atoms with Crippen molar-refractivity contribution in [1.29, 1.82) is 0 Å². The first-order valence-corrected chi connectivity index (χ1v) is 3.58. The third-order valence-corrected chi connectivity index (χ3v) is 1.39. The minimum absolute atomic E-state index is 0. The Kier molecular flexibility index (Phi) is 5.04. The van der Waals surface area contributed by atoms with E-state index in [4.69, 9.17) is 5.73 Å². The normalized spacial score (nSPS) is 9.07. The Hall–Kier alpha value is -1.20. The van der Waals surface area contributed by atoms with Crippen LogP contribution in [0.4, 0.5) is 14.5 Å². The number of nitrogens with one attached hydrogen (secondary N) is 1. The van der Waals surface area contributed by atoms with Gasteiger partial charge in [-0.05, 0) is 12.1 Å². The van der Waals surface area contributed by atoms with Crippen molar-refractivity contribution in [2.45, 2.75) is 0 Å². The van der Waals surface area contributed by atoms with Gasteiger partial charge in [0.15, 0.2) is 0 Å². The van der Waals surface area contributed by atoms with Gasteiger partial charge in [0, 0.05) is 6.07 Å². The van der Waals surface area contributed by atoms with E-state index in [2.05, 4.69) is 5.32 Å². The first-order chi connectivity index (χ1) is 6.13. The molecule has 0 heterocycles. The van der Waals surface area contributed by atoms with Crippen molar-refractivity contribution in [2.24, 2.45) is 5.73 Å². The molecule has 3 N–H and O–H groups in total. The maximum Gasteiger partial charge on any atom is 0.238 e. The van der Waals surface area contributed by atoms with Crippen LogP contribution in [0.15, 0.2) is 18.2 Å². The first kappa shape index (κ1) is 12.8. The van der Waals surface area contributed by atoms with E-state index in [1.807, 2.05) is 0 Å². The molecule has 1 rings (SSSR count). The van der Waals surface area contributed by atoms with Crippen molar-refractivity contribution in [1.82, 2.24) is 0 Å². The number of rotatable bonds is 2. The van der Waals surface area contributed by atoms with Crippen LogP contribution in [0.2, 0.25) is 0 Å². The maximum atomic E-state index is 12.8. The SMILES string of the molecule is Cl.NCC(=O)Nc1cc(F)ccc1F. The van der Waals surface area contributed by atoms with Crippen molar-refractivity contribution in [3.63, 3.8) is 0 Å². The highest BCUT2D eigenvalue weighted by atomic mass is 35.5. The van der Waals surface area contributed by atoms with Crippen molar-refractivity contribution < 1.29 is 13.6 Å². The monoisotopic (exact) mass is 222 g/mol. The van der Waals surface area contributed by atoms with Crippen LogP contribution in [0.3, 0.4) is 0 Å². The molecule has 0 saturated carbocycles. The van der Waals surface area contributed by atoms with Gasteiger partial charge in [0.1, 0.15) is 11.6 Å². The zero-order valence-electron chi connectivity index (χ0n) is 7.09. The molecule has 0 radical (unpaired) electrons. The van der Waals surface area contributed by atoms with Gasteiger partial charge in [-0.15, -0.1) is 12.4 Å². The average Bonchev–Trinajstić information content (AvgIpc) is 2.11. The molecule has 0 aromatic heterocycles. The topological polar surface area (TPSA) is 55.1 Å². The van der Waals surface area contributed by atoms with E-state index < -0.39 is 17.5 Å². The van der Waals surface area contributed by atoms with E-state index in [9.17, 15) is 13.6 Å². The Morgan fingerprint density at radius 1 is 1.43 bits per heavy atom. The summed E-state index contributed by atoms with van der Waals surface area (Å²) < 4.78 is 25.4. The molecule has 0 aliphatic heterocycles. The maximum absolute atomic E-state index is 12.8. The van der Waals surface area contributed by atoms with Crippen molar-refractivity contribution in [3.05, 3.63) is 29.8 Å². The number of carbonyl (C=O) groups is 1. The molecule has 0 aliphatic carbocycles. The number of hydrogen-bond acceptors (Lipinski definition) is 2. The second kappa shape index (κ2) is 5.51. The van der Waals surface area contributed by atoms with E-state index in [1.54, 1.807) is 0 Å². The van der Waals surface area contributed by atoms with Crippen LogP contribution >= 0.6 is 12.4 Å². The highest BCUT2D eigenvalue weighted by Crippen LogP contribution is 2.14. The van der Waals surface area contributed by atoms with Gasteiger partial charge in [-0.1, -0.05) is 0 Å². The molecule has 6 heteroatoms. The summed E-state index contributed by atoms with van der Waals surface area (Å²) in [6.45, 7) is -0.268. The predicted octanol–water partition coefficient (Wildman–Crippen LogP) is 1.28. The summed E-state index contributed by atoms with van der Waals surface area (Å²) >= 11 is 0. The lowest BCUT2D eigenvalue weighted by Crippen LogP contribution is -2.22. The number of halogens is 3. The van der Waals surface area contributed by atoms with Crippen LogP contribution in [-0.2, 0) is 4.79 Å². The number of amides is 1. The number of anilines is 1. The second-order valence-electron chi connectivity index (χ2n) is 2.38. The van der Waals surface area contributed by atoms with Crippen molar-refractivity contribution in [3.8, 4) is 0 Å². The van der Waals surface area contributed by atoms with E-state index >= 15 is 0 Å². The Morgan fingerprint density at radius 2 is 2.07 bits per heavy atom. The van der Waals surface area contributed by atoms with Crippen LogP contribution in [0.25, 0.3) is 0 Å². The predicted molar refractivity (Wildman–Crippen MR) is 51.3 cm³/mol. The number of nitrogens with two attached hydrogens (primary N) is 1. The van der Waals surface area contributed by atoms with E-state index in [1.165, 1.54) is 0 Å². The van der Waals surface area contributed by atoms with Gasteiger partial charge < -0.3 is 11.1 Å². The fourth-order valence-corrected chi connectivity index (χ4v) is 0.795. The molecule has 1 amide bonds. The molecule has 0 saturated heterocycles. The van der Waals surface area contributed by atoms with E-state index in [-0.39, 0.29) is 24.6 Å². The minimum Gasteiger partial charge on any atom is -0.322 e. The number of hydrogen-bond donors (Lipinski definition) is 2. The molecule has 0 unspecified atom stereocenters. The summed E-state index contributed by atoms with van der Waals surface area (Å²) in [5.41, 5.74) is 4.78. The molecule has 0 bridgehead atoms. The molecule has 0 aliphatic rings. The molecule has 14 heavy (non-hydrogen) atoms. The Morgan fingerprint density at radius 3 is 2.64 bits per heavy atom. The van der Waals surface area contributed by atoms with Gasteiger partial charge in [-0.2, -0.15) is 0 Å². The summed E-state index contributed by atoms with van der Waals surface area (Å²) in [7, 11) is 0. The van der Waals surface area contributed by atoms with Gasteiger partial charge in [0.05, 0.1) is 12.2 Å². The first-order valence-electron chi connectivity index (χ1n) is 3.58. The van der Waals surface area contributed by atoms with Crippen LogP contribution in [0.5, 0.6) is 0 Å². The summed E-state index contributed by atoms with van der Waals surface area (Å²) in [6.07, 6.45) is 0. The van der Waals surface area contributed by atoms with Crippen molar-refractivity contribution >= 4 is 24.0 Å². The summed E-state index contributed by atoms with van der Waals surface area (Å²) in [5.74, 6) is -1.87. The fraction of sp³-hybridized carbons (Fsp3) is 0.125. The van der Waals surface area contributed by atoms with E-state index in [0.717, 1.165) is 18.2 Å². The molecule has 0 spiro atoms. The Bertz CT molecular complexity index is 333. The minimum atomic E-state index is -0.691. The van der Waals surface area contributed by atoms with Crippen molar-refractivity contribution in [2.75, 3.05) is 11.9 Å². The van der Waals surface area contributed by atoms with Gasteiger partial charge in [0.2, 0.25) is 5.91 Å². The van der Waals surface area contributed by atoms with Crippen LogP contribution in [-0.4, -0.2) is 12.5 Å². The summed E-state index contributed by atoms with van der Waals surface area (Å²) in [5, 5.41) is 2.12. The summed E-state index contributed by atoms with van der Waals surface area (Å²) in [6, 6.07) is 2.79. The molecule has 1 aromatic carbocycles. The Balaban J connectivity index is 0.00000169. The van der Waals surface area contributed by atoms with Crippen LogP contribution < -0.4 is 11.1 Å². The van der Waals surface area contributed by atoms with Gasteiger partial charge >= 0.3 is 0 Å². The lowest BCUT2D eigenvalue weighted by atomic mass is 10.3. The quantitative estimate of drug-likeness (QED) is 0.792. The Labute approximate surface area is 85.7 Å². The molecule has 78 valence electrons. The zero-order valence-corrected chi connectivity index (χ0v) is 7.91. The smallest absolute Gasteiger partial charge is 0.238 e. The van der Waals surface area contributed by atoms with Gasteiger partial charge in [-0.25, -0.2) is 8.78 Å². The lowest BCUT2D eigenvalue weighted by molar-refractivity contribution is -0.114. The molecule has 3 nitrogen and oxygen atoms in total. The van der Waals surface area contributed by atoms with Gasteiger partial charge in [0.25, 0.3) is 0 Å². The molecule has 0 fully saturated rings. The number of carbonyl (C=O) groups excluding carboxylic acids is 1. The molecular weight excluding hydrogens is 214 g/mol. The summed E-state index contributed by atoms with van der Waals surface area (Å²) in [4.78, 5) is 10.7. The highest BCUT2D eigenvalue weighted by molar-refractivity contribution is 5.92. The van der Waals surface area contributed by atoms with E-state index in [0.29, 0.717) is 0 Å². The largest absolute Gasteiger partial charge is 0.322 e. The molecule has 0 atom stereocenters. The van der Waals surface area contributed by atoms with Crippen LogP contribution in [0.1, 0.15) is 0 Å². The third kappa shape index (κ3) is 3.27. The fourth-order valence-electron chi connectivity index (χ4n) is 0.795. The number of benzene rings is 1. The highest BCUT2D eigenvalue weighted by Gasteiger charge is 2.05. The molecule has 1 aromatic rings.